The first kappa shape index (κ1) is 13.7. The maximum absolute atomic E-state index is 11.7. The Balaban J connectivity index is 1.76. The van der Waals surface area contributed by atoms with Crippen LogP contribution in [0.15, 0.2) is 53.3 Å². The van der Waals surface area contributed by atoms with Gasteiger partial charge in [0, 0.05) is 12.6 Å². The lowest BCUT2D eigenvalue weighted by molar-refractivity contribution is 0.0948. The van der Waals surface area contributed by atoms with Crippen LogP contribution in [0.2, 0.25) is 0 Å². The number of nitrogens with zero attached hydrogens (tertiary/aromatic N) is 1. The van der Waals surface area contributed by atoms with Crippen LogP contribution in [-0.4, -0.2) is 22.6 Å². The van der Waals surface area contributed by atoms with Gasteiger partial charge >= 0.3 is 0 Å². The first-order valence-electron chi connectivity index (χ1n) is 6.31. The minimum Gasteiger partial charge on any atom is -0.350 e. The van der Waals surface area contributed by atoms with E-state index in [9.17, 15) is 9.59 Å². The molecule has 0 spiro atoms. The highest BCUT2D eigenvalue weighted by molar-refractivity contribution is 5.91. The van der Waals surface area contributed by atoms with Crippen LogP contribution in [0, 0.1) is 0 Å². The van der Waals surface area contributed by atoms with Crippen LogP contribution in [0.4, 0.5) is 0 Å². The molecular weight excluding hydrogens is 254 g/mol. The predicted octanol–water partition coefficient (Wildman–Crippen LogP) is 1.60. The summed E-state index contributed by atoms with van der Waals surface area (Å²) < 4.78 is 0. The molecule has 0 atom stereocenters. The lowest BCUT2D eigenvalue weighted by atomic mass is 10.2. The van der Waals surface area contributed by atoms with E-state index in [4.69, 9.17) is 0 Å². The number of aromatic amines is 1. The number of rotatable bonds is 5. The van der Waals surface area contributed by atoms with Crippen molar-refractivity contribution in [3.63, 3.8) is 0 Å². The van der Waals surface area contributed by atoms with Crippen molar-refractivity contribution in [2.45, 2.75) is 6.42 Å². The van der Waals surface area contributed by atoms with Crippen LogP contribution in [0.5, 0.6) is 0 Å². The van der Waals surface area contributed by atoms with E-state index in [2.05, 4.69) is 15.5 Å². The molecule has 0 saturated heterocycles. The molecule has 0 bridgehead atoms. The van der Waals surface area contributed by atoms with Crippen molar-refractivity contribution < 1.29 is 4.79 Å². The van der Waals surface area contributed by atoms with Gasteiger partial charge in [0.1, 0.15) is 5.69 Å². The van der Waals surface area contributed by atoms with Crippen molar-refractivity contribution in [1.82, 2.24) is 15.5 Å². The van der Waals surface area contributed by atoms with Crippen LogP contribution in [0.25, 0.3) is 6.08 Å². The Morgan fingerprint density at radius 2 is 2.00 bits per heavy atom. The molecule has 20 heavy (non-hydrogen) atoms. The molecule has 1 amide bonds. The van der Waals surface area contributed by atoms with Crippen LogP contribution in [0.1, 0.15) is 22.5 Å². The first-order chi connectivity index (χ1) is 9.75. The normalized spacial score (nSPS) is 10.6. The number of hydrogen-bond donors (Lipinski definition) is 2. The molecule has 1 aromatic carbocycles. The first-order valence-corrected chi connectivity index (χ1v) is 6.31. The summed E-state index contributed by atoms with van der Waals surface area (Å²) in [4.78, 5) is 22.5. The van der Waals surface area contributed by atoms with Gasteiger partial charge in [0.15, 0.2) is 0 Å². The molecular formula is C15H15N3O2. The molecule has 5 heteroatoms. The fraction of sp³-hybridized carbons (Fsp3) is 0.133. The zero-order valence-corrected chi connectivity index (χ0v) is 10.9. The zero-order chi connectivity index (χ0) is 14.2. The average Bonchev–Trinajstić information content (AvgIpc) is 2.48. The molecule has 0 unspecified atom stereocenters. The third-order valence-electron chi connectivity index (χ3n) is 2.62. The van der Waals surface area contributed by atoms with E-state index in [1.54, 1.807) is 0 Å². The maximum atomic E-state index is 11.7. The lowest BCUT2D eigenvalue weighted by Gasteiger charge is -2.01. The number of amides is 1. The Morgan fingerprint density at radius 3 is 2.70 bits per heavy atom. The van der Waals surface area contributed by atoms with Gasteiger partial charge in [-0.3, -0.25) is 9.59 Å². The maximum Gasteiger partial charge on any atom is 0.271 e. The van der Waals surface area contributed by atoms with Gasteiger partial charge in [0.2, 0.25) is 0 Å². The molecule has 1 aromatic heterocycles. The van der Waals surface area contributed by atoms with Gasteiger partial charge < -0.3 is 5.32 Å². The zero-order valence-electron chi connectivity index (χ0n) is 10.9. The van der Waals surface area contributed by atoms with Crippen molar-refractivity contribution in [2.75, 3.05) is 6.54 Å². The van der Waals surface area contributed by atoms with Crippen molar-refractivity contribution in [1.29, 1.82) is 0 Å². The number of carbonyl (C=O) groups is 1. The minimum atomic E-state index is -0.327. The number of hydrogen-bond acceptors (Lipinski definition) is 3. The fourth-order valence-corrected chi connectivity index (χ4v) is 1.61. The number of carbonyl (C=O) groups excluding carboxylic acids is 1. The summed E-state index contributed by atoms with van der Waals surface area (Å²) in [6.07, 6.45) is 4.73. The molecule has 2 aromatic rings. The van der Waals surface area contributed by atoms with Gasteiger partial charge in [-0.15, -0.1) is 0 Å². The molecule has 0 aliphatic carbocycles. The Morgan fingerprint density at radius 1 is 1.20 bits per heavy atom. The number of H-pyrrole nitrogens is 1. The second-order valence-corrected chi connectivity index (χ2v) is 4.16. The van der Waals surface area contributed by atoms with E-state index in [1.165, 1.54) is 12.1 Å². The summed E-state index contributed by atoms with van der Waals surface area (Å²) in [5.74, 6) is -0.297. The molecule has 0 radical (unpaired) electrons. The predicted molar refractivity (Wildman–Crippen MR) is 77.3 cm³/mol. The number of benzene rings is 1. The lowest BCUT2D eigenvalue weighted by Crippen LogP contribution is -2.26. The molecule has 0 fully saturated rings. The monoisotopic (exact) mass is 269 g/mol. The third-order valence-corrected chi connectivity index (χ3v) is 2.62. The van der Waals surface area contributed by atoms with Gasteiger partial charge in [0.05, 0.1) is 0 Å². The standard InChI is InChI=1S/C15H15N3O2/c19-14-10-9-13(17-18-14)15(20)16-11-5-4-8-12-6-2-1-3-7-12/h1-4,6-10H,5,11H2,(H,16,20)(H,18,19)/b8-4+. The quantitative estimate of drug-likeness (QED) is 0.810. The Kier molecular flexibility index (Phi) is 4.83. The van der Waals surface area contributed by atoms with Crippen LogP contribution in [0.3, 0.4) is 0 Å². The fourth-order valence-electron chi connectivity index (χ4n) is 1.61. The molecule has 1 heterocycles. The van der Waals surface area contributed by atoms with Gasteiger partial charge in [-0.2, -0.15) is 5.10 Å². The Hall–Kier alpha value is -2.69. The summed E-state index contributed by atoms with van der Waals surface area (Å²) in [7, 11) is 0. The summed E-state index contributed by atoms with van der Waals surface area (Å²) in [6, 6.07) is 12.6. The van der Waals surface area contributed by atoms with Gasteiger partial charge in [-0.1, -0.05) is 42.5 Å². The Bertz CT molecular complexity index is 627. The summed E-state index contributed by atoms with van der Waals surface area (Å²) in [5, 5.41) is 8.61. The van der Waals surface area contributed by atoms with Crippen molar-refractivity contribution in [3.05, 3.63) is 70.2 Å². The van der Waals surface area contributed by atoms with E-state index in [0.717, 1.165) is 12.0 Å². The SMILES string of the molecule is O=C(NCC/C=C/c1ccccc1)c1ccc(=O)[nH]n1. The molecule has 2 N–H and O–H groups in total. The van der Waals surface area contributed by atoms with E-state index in [0.29, 0.717) is 6.54 Å². The molecule has 5 nitrogen and oxygen atoms in total. The molecule has 0 aliphatic heterocycles. The van der Waals surface area contributed by atoms with E-state index < -0.39 is 0 Å². The number of aromatic nitrogens is 2. The van der Waals surface area contributed by atoms with Gasteiger partial charge in [-0.05, 0) is 18.1 Å². The largest absolute Gasteiger partial charge is 0.350 e. The topological polar surface area (TPSA) is 74.8 Å². The van der Waals surface area contributed by atoms with Crippen molar-refractivity contribution in [2.24, 2.45) is 0 Å². The highest BCUT2D eigenvalue weighted by Gasteiger charge is 2.05. The van der Waals surface area contributed by atoms with E-state index in [1.807, 2.05) is 42.5 Å². The molecule has 0 aliphatic rings. The van der Waals surface area contributed by atoms with Gasteiger partial charge in [0.25, 0.3) is 11.5 Å². The average molecular weight is 269 g/mol. The minimum absolute atomic E-state index is 0.205. The van der Waals surface area contributed by atoms with E-state index in [-0.39, 0.29) is 17.2 Å². The second-order valence-electron chi connectivity index (χ2n) is 4.16. The third kappa shape index (κ3) is 4.20. The highest BCUT2D eigenvalue weighted by Crippen LogP contribution is 2.01. The Labute approximate surface area is 116 Å². The molecule has 102 valence electrons. The summed E-state index contributed by atoms with van der Waals surface area (Å²) >= 11 is 0. The van der Waals surface area contributed by atoms with Gasteiger partial charge in [-0.25, -0.2) is 5.10 Å². The van der Waals surface area contributed by atoms with Crippen LogP contribution >= 0.6 is 0 Å². The van der Waals surface area contributed by atoms with Crippen LogP contribution in [-0.2, 0) is 0 Å². The van der Waals surface area contributed by atoms with Crippen molar-refractivity contribution >= 4 is 12.0 Å². The highest BCUT2D eigenvalue weighted by atomic mass is 16.2. The number of nitrogens with one attached hydrogen (secondary N) is 2. The summed E-state index contributed by atoms with van der Waals surface area (Å²) in [6.45, 7) is 0.517. The molecule has 0 saturated carbocycles. The summed E-state index contributed by atoms with van der Waals surface area (Å²) in [5.41, 5.74) is 1.00. The molecule has 2 rings (SSSR count). The van der Waals surface area contributed by atoms with Crippen molar-refractivity contribution in [3.8, 4) is 0 Å². The van der Waals surface area contributed by atoms with Crippen LogP contribution < -0.4 is 10.9 Å². The van der Waals surface area contributed by atoms with E-state index >= 15 is 0 Å². The smallest absolute Gasteiger partial charge is 0.271 e. The second kappa shape index (κ2) is 7.04.